The summed E-state index contributed by atoms with van der Waals surface area (Å²) in [5.41, 5.74) is 1.24. The average molecular weight is 295 g/mol. The fourth-order valence-electron chi connectivity index (χ4n) is 2.09. The van der Waals surface area contributed by atoms with E-state index in [1.807, 2.05) is 18.2 Å². The Balaban J connectivity index is 2.41. The highest BCUT2D eigenvalue weighted by Crippen LogP contribution is 2.06. The van der Waals surface area contributed by atoms with Gasteiger partial charge in [-0.1, -0.05) is 44.2 Å². The maximum absolute atomic E-state index is 10.1. The molecule has 120 valence electrons. The van der Waals surface area contributed by atoms with Crippen molar-refractivity contribution in [1.82, 2.24) is 4.90 Å². The van der Waals surface area contributed by atoms with Crippen LogP contribution in [0.5, 0.6) is 0 Å². The molecule has 1 unspecified atom stereocenters. The van der Waals surface area contributed by atoms with E-state index in [2.05, 4.69) is 30.9 Å². The highest BCUT2D eigenvalue weighted by molar-refractivity contribution is 5.14. The van der Waals surface area contributed by atoms with Gasteiger partial charge in [0.25, 0.3) is 0 Å². The summed E-state index contributed by atoms with van der Waals surface area (Å²) < 4.78 is 10.7. The zero-order chi connectivity index (χ0) is 15.5. The van der Waals surface area contributed by atoms with Gasteiger partial charge in [0, 0.05) is 33.4 Å². The summed E-state index contributed by atoms with van der Waals surface area (Å²) >= 11 is 0. The lowest BCUT2D eigenvalue weighted by Crippen LogP contribution is -2.36. The number of hydrogen-bond donors (Lipinski definition) is 1. The first-order valence-electron chi connectivity index (χ1n) is 7.62. The van der Waals surface area contributed by atoms with Crippen molar-refractivity contribution in [3.63, 3.8) is 0 Å². The summed E-state index contributed by atoms with van der Waals surface area (Å²) in [5, 5.41) is 10.1. The van der Waals surface area contributed by atoms with Crippen molar-refractivity contribution in [1.29, 1.82) is 0 Å². The van der Waals surface area contributed by atoms with E-state index in [4.69, 9.17) is 9.47 Å². The van der Waals surface area contributed by atoms with Crippen LogP contribution in [-0.4, -0.2) is 56.1 Å². The van der Waals surface area contributed by atoms with Crippen molar-refractivity contribution in [2.24, 2.45) is 5.92 Å². The summed E-state index contributed by atoms with van der Waals surface area (Å²) in [6, 6.07) is 10.3. The third-order valence-corrected chi connectivity index (χ3v) is 3.09. The standard InChI is InChI=1S/C17H29NO3/c1-15(2)13-21-14-17(19)12-18(9-10-20-3)11-16-7-5-4-6-8-16/h4-8,15,17,19H,9-14H2,1-3H3. The fraction of sp³-hybridized carbons (Fsp3) is 0.647. The first-order chi connectivity index (χ1) is 10.1. The van der Waals surface area contributed by atoms with Gasteiger partial charge in [0.1, 0.15) is 0 Å². The van der Waals surface area contributed by atoms with E-state index in [9.17, 15) is 5.11 Å². The van der Waals surface area contributed by atoms with Gasteiger partial charge >= 0.3 is 0 Å². The Morgan fingerprint density at radius 2 is 1.86 bits per heavy atom. The number of hydrogen-bond acceptors (Lipinski definition) is 4. The van der Waals surface area contributed by atoms with Crippen LogP contribution >= 0.6 is 0 Å². The Labute approximate surface area is 128 Å². The van der Waals surface area contributed by atoms with Gasteiger partial charge in [-0.3, -0.25) is 4.90 Å². The summed E-state index contributed by atoms with van der Waals surface area (Å²) in [5.74, 6) is 0.492. The first-order valence-corrected chi connectivity index (χ1v) is 7.62. The molecule has 0 saturated carbocycles. The summed E-state index contributed by atoms with van der Waals surface area (Å²) in [6.45, 7) is 8.14. The molecule has 0 bridgehead atoms. The Hall–Kier alpha value is -0.940. The molecule has 0 aromatic heterocycles. The molecule has 0 heterocycles. The summed E-state index contributed by atoms with van der Waals surface area (Å²) in [6.07, 6.45) is -0.468. The predicted molar refractivity (Wildman–Crippen MR) is 85.3 cm³/mol. The van der Waals surface area contributed by atoms with Crippen LogP contribution < -0.4 is 0 Å². The van der Waals surface area contributed by atoms with E-state index < -0.39 is 6.10 Å². The van der Waals surface area contributed by atoms with Crippen LogP contribution in [0, 0.1) is 5.92 Å². The van der Waals surface area contributed by atoms with Gasteiger partial charge in [-0.2, -0.15) is 0 Å². The lowest BCUT2D eigenvalue weighted by Gasteiger charge is -2.25. The maximum atomic E-state index is 10.1. The van der Waals surface area contributed by atoms with E-state index in [0.29, 0.717) is 32.3 Å². The van der Waals surface area contributed by atoms with Crippen LogP contribution in [0.3, 0.4) is 0 Å². The number of aliphatic hydroxyl groups excluding tert-OH is 1. The van der Waals surface area contributed by atoms with Crippen molar-refractivity contribution in [2.75, 3.05) is 40.0 Å². The monoisotopic (exact) mass is 295 g/mol. The summed E-state index contributed by atoms with van der Waals surface area (Å²) in [7, 11) is 1.70. The molecule has 4 heteroatoms. The molecule has 0 aliphatic rings. The number of nitrogens with zero attached hydrogens (tertiary/aromatic N) is 1. The molecule has 0 fully saturated rings. The van der Waals surface area contributed by atoms with Gasteiger partial charge in [0.05, 0.1) is 19.3 Å². The molecular weight excluding hydrogens is 266 g/mol. The smallest absolute Gasteiger partial charge is 0.0900 e. The van der Waals surface area contributed by atoms with Crippen molar-refractivity contribution in [3.8, 4) is 0 Å². The molecule has 0 aliphatic carbocycles. The molecule has 1 rings (SSSR count). The number of aliphatic hydroxyl groups is 1. The molecule has 0 aliphatic heterocycles. The largest absolute Gasteiger partial charge is 0.389 e. The van der Waals surface area contributed by atoms with E-state index >= 15 is 0 Å². The normalized spacial score (nSPS) is 13.0. The molecule has 1 aromatic carbocycles. The lowest BCUT2D eigenvalue weighted by atomic mass is 10.2. The third kappa shape index (κ3) is 8.83. The molecule has 4 nitrogen and oxygen atoms in total. The van der Waals surface area contributed by atoms with E-state index in [1.165, 1.54) is 5.56 Å². The Bertz CT molecular complexity index is 356. The van der Waals surface area contributed by atoms with Crippen molar-refractivity contribution >= 4 is 0 Å². The minimum absolute atomic E-state index is 0.385. The highest BCUT2D eigenvalue weighted by atomic mass is 16.5. The highest BCUT2D eigenvalue weighted by Gasteiger charge is 2.12. The predicted octanol–water partition coefficient (Wildman–Crippen LogP) is 2.17. The fourth-order valence-corrected chi connectivity index (χ4v) is 2.09. The lowest BCUT2D eigenvalue weighted by molar-refractivity contribution is 0.00336. The maximum Gasteiger partial charge on any atom is 0.0900 e. The van der Waals surface area contributed by atoms with E-state index in [0.717, 1.165) is 13.1 Å². The average Bonchev–Trinajstić information content (AvgIpc) is 2.45. The molecule has 1 aromatic rings. The molecule has 0 radical (unpaired) electrons. The van der Waals surface area contributed by atoms with Gasteiger partial charge in [-0.25, -0.2) is 0 Å². The zero-order valence-corrected chi connectivity index (χ0v) is 13.5. The zero-order valence-electron chi connectivity index (χ0n) is 13.5. The Kier molecular flexibility index (Phi) is 9.26. The number of methoxy groups -OCH3 is 1. The van der Waals surface area contributed by atoms with Gasteiger partial charge < -0.3 is 14.6 Å². The van der Waals surface area contributed by atoms with Gasteiger partial charge in [0.15, 0.2) is 0 Å². The van der Waals surface area contributed by atoms with Gasteiger partial charge in [0.2, 0.25) is 0 Å². The first kappa shape index (κ1) is 18.1. The number of benzene rings is 1. The second-order valence-electron chi connectivity index (χ2n) is 5.80. The molecule has 21 heavy (non-hydrogen) atoms. The van der Waals surface area contributed by atoms with Crippen LogP contribution in [0.1, 0.15) is 19.4 Å². The number of ether oxygens (including phenoxy) is 2. The minimum Gasteiger partial charge on any atom is -0.389 e. The molecule has 0 spiro atoms. The van der Waals surface area contributed by atoms with E-state index in [-0.39, 0.29) is 0 Å². The van der Waals surface area contributed by atoms with Crippen molar-refractivity contribution in [2.45, 2.75) is 26.5 Å². The SMILES string of the molecule is COCCN(Cc1ccccc1)CC(O)COCC(C)C. The molecule has 1 atom stereocenters. The quantitative estimate of drug-likeness (QED) is 0.679. The van der Waals surface area contributed by atoms with Gasteiger partial charge in [-0.05, 0) is 11.5 Å². The van der Waals surface area contributed by atoms with E-state index in [1.54, 1.807) is 7.11 Å². The van der Waals surface area contributed by atoms with Crippen LogP contribution in [0.4, 0.5) is 0 Å². The molecule has 1 N–H and O–H groups in total. The van der Waals surface area contributed by atoms with Crippen LogP contribution in [0.15, 0.2) is 30.3 Å². The van der Waals surface area contributed by atoms with Gasteiger partial charge in [-0.15, -0.1) is 0 Å². The minimum atomic E-state index is -0.468. The topological polar surface area (TPSA) is 41.9 Å². The summed E-state index contributed by atoms with van der Waals surface area (Å²) in [4.78, 5) is 2.20. The molecular formula is C17H29NO3. The van der Waals surface area contributed by atoms with Crippen LogP contribution in [0.2, 0.25) is 0 Å². The van der Waals surface area contributed by atoms with Crippen molar-refractivity contribution in [3.05, 3.63) is 35.9 Å². The second kappa shape index (κ2) is 10.7. The Morgan fingerprint density at radius 1 is 1.14 bits per heavy atom. The molecule has 0 amide bonds. The second-order valence-corrected chi connectivity index (χ2v) is 5.80. The third-order valence-electron chi connectivity index (χ3n) is 3.09. The Morgan fingerprint density at radius 3 is 2.48 bits per heavy atom. The van der Waals surface area contributed by atoms with Crippen LogP contribution in [0.25, 0.3) is 0 Å². The molecule has 0 saturated heterocycles. The van der Waals surface area contributed by atoms with Crippen molar-refractivity contribution < 1.29 is 14.6 Å². The van der Waals surface area contributed by atoms with Crippen LogP contribution in [-0.2, 0) is 16.0 Å². The number of rotatable bonds is 11.